The number of carbonyl (C=O) groups is 1. The zero-order valence-electron chi connectivity index (χ0n) is 12.5. The average Bonchev–Trinajstić information content (AvgIpc) is 3.09. The minimum atomic E-state index is -4.66. The molecule has 0 fully saturated rings. The molecule has 25 heavy (non-hydrogen) atoms. The van der Waals surface area contributed by atoms with Gasteiger partial charge in [0.05, 0.1) is 0 Å². The third-order valence-corrected chi connectivity index (χ3v) is 4.85. The second kappa shape index (κ2) is 5.48. The van der Waals surface area contributed by atoms with Gasteiger partial charge in [-0.05, 0) is 18.4 Å². The van der Waals surface area contributed by atoms with Crippen molar-refractivity contribution in [1.82, 2.24) is 0 Å². The van der Waals surface area contributed by atoms with Gasteiger partial charge in [-0.3, -0.25) is 0 Å². The molecule has 0 aliphatic carbocycles. The van der Waals surface area contributed by atoms with Crippen molar-refractivity contribution in [2.45, 2.75) is 18.7 Å². The zero-order valence-corrected chi connectivity index (χ0v) is 13.3. The molecule has 0 bridgehead atoms. The fraction of sp³-hybridized carbons (Fsp3) is 0.188. The Morgan fingerprint density at radius 1 is 1.16 bits per heavy atom. The van der Waals surface area contributed by atoms with Gasteiger partial charge in [0.2, 0.25) is 5.76 Å². The lowest BCUT2D eigenvalue weighted by atomic mass is 9.90. The van der Waals surface area contributed by atoms with Crippen molar-refractivity contribution in [3.63, 3.8) is 0 Å². The number of hydrogen-bond donors (Lipinski definition) is 2. The van der Waals surface area contributed by atoms with Crippen molar-refractivity contribution >= 4 is 17.3 Å². The van der Waals surface area contributed by atoms with Crippen LogP contribution < -0.4 is 0 Å². The molecule has 132 valence electrons. The van der Waals surface area contributed by atoms with Gasteiger partial charge in [-0.2, -0.15) is 13.2 Å². The van der Waals surface area contributed by atoms with Crippen molar-refractivity contribution in [2.24, 2.45) is 0 Å². The monoisotopic (exact) mass is 374 g/mol. The lowest BCUT2D eigenvalue weighted by molar-refractivity contribution is -0.149. The predicted octanol–water partition coefficient (Wildman–Crippen LogP) is 4.67. The Bertz CT molecular complexity index is 900. The summed E-state index contributed by atoms with van der Waals surface area (Å²) in [6.07, 6.45) is -4.66. The number of thiophene rings is 1. The van der Waals surface area contributed by atoms with E-state index in [0.29, 0.717) is 11.3 Å². The predicted molar refractivity (Wildman–Crippen MR) is 80.4 cm³/mol. The summed E-state index contributed by atoms with van der Waals surface area (Å²) in [6, 6.07) is 4.70. The quantitative estimate of drug-likeness (QED) is 0.592. The summed E-state index contributed by atoms with van der Waals surface area (Å²) < 4.78 is 59.0. The van der Waals surface area contributed by atoms with E-state index >= 15 is 0 Å². The first kappa shape index (κ1) is 17.3. The first-order chi connectivity index (χ1) is 11.6. The Labute approximate surface area is 142 Å². The molecule has 1 aliphatic rings. The van der Waals surface area contributed by atoms with Crippen LogP contribution in [-0.2, 0) is 21.3 Å². The van der Waals surface area contributed by atoms with Crippen LogP contribution in [0.4, 0.5) is 17.6 Å². The van der Waals surface area contributed by atoms with Crippen LogP contribution in [0.15, 0.2) is 41.2 Å². The molecule has 2 aromatic rings. The fourth-order valence-electron chi connectivity index (χ4n) is 2.64. The summed E-state index contributed by atoms with van der Waals surface area (Å²) in [5.41, 5.74) is -3.13. The van der Waals surface area contributed by atoms with E-state index in [9.17, 15) is 32.6 Å². The van der Waals surface area contributed by atoms with Crippen molar-refractivity contribution in [3.05, 3.63) is 57.4 Å². The molecule has 1 aliphatic heterocycles. The number of aliphatic hydroxyl groups is 2. The third kappa shape index (κ3) is 2.55. The van der Waals surface area contributed by atoms with E-state index in [0.717, 1.165) is 25.1 Å². The highest BCUT2D eigenvalue weighted by atomic mass is 32.1. The van der Waals surface area contributed by atoms with Crippen LogP contribution in [0.5, 0.6) is 0 Å². The van der Waals surface area contributed by atoms with Gasteiger partial charge >= 0.3 is 12.1 Å². The first-order valence-electron chi connectivity index (χ1n) is 6.87. The highest BCUT2D eigenvalue weighted by molar-refractivity contribution is 7.10. The SMILES string of the molecule is CC1(c2cccc(-c3ccsc3C(F)(F)F)c2F)OC(=O)C(O)=C1O. The Balaban J connectivity index is 2.19. The van der Waals surface area contributed by atoms with E-state index < -0.39 is 40.0 Å². The number of aliphatic hydroxyl groups excluding tert-OH is 2. The summed E-state index contributed by atoms with van der Waals surface area (Å²) in [5, 5.41) is 20.5. The van der Waals surface area contributed by atoms with Crippen LogP contribution in [0, 0.1) is 5.82 Å². The van der Waals surface area contributed by atoms with E-state index in [1.807, 2.05) is 0 Å². The van der Waals surface area contributed by atoms with Gasteiger partial charge < -0.3 is 14.9 Å². The van der Waals surface area contributed by atoms with E-state index in [1.54, 1.807) is 0 Å². The standard InChI is InChI=1S/C16H10F4O4S/c1-15(12(22)11(21)14(23)24-15)9-4-2-3-7(10(9)17)8-5-6-25-13(8)16(18,19)20/h2-6,21-22H,1H3. The normalized spacial score (nSPS) is 20.9. The topological polar surface area (TPSA) is 66.8 Å². The molecule has 1 unspecified atom stereocenters. The maximum atomic E-state index is 15.0. The van der Waals surface area contributed by atoms with E-state index in [4.69, 9.17) is 4.74 Å². The molecule has 0 spiro atoms. The molecule has 0 saturated carbocycles. The Kier molecular flexibility index (Phi) is 3.79. The Morgan fingerprint density at radius 2 is 1.84 bits per heavy atom. The maximum Gasteiger partial charge on any atom is 0.426 e. The molecule has 0 radical (unpaired) electrons. The number of rotatable bonds is 2. The van der Waals surface area contributed by atoms with Gasteiger partial charge in [0.15, 0.2) is 11.4 Å². The smallest absolute Gasteiger partial charge is 0.426 e. The molecule has 2 N–H and O–H groups in total. The number of benzene rings is 1. The van der Waals surface area contributed by atoms with Gasteiger partial charge in [-0.15, -0.1) is 11.3 Å². The first-order valence-corrected chi connectivity index (χ1v) is 7.75. The van der Waals surface area contributed by atoms with Crippen LogP contribution in [-0.4, -0.2) is 16.2 Å². The van der Waals surface area contributed by atoms with Crippen LogP contribution >= 0.6 is 11.3 Å². The second-order valence-electron chi connectivity index (χ2n) is 5.45. The highest BCUT2D eigenvalue weighted by Gasteiger charge is 2.48. The lowest BCUT2D eigenvalue weighted by Gasteiger charge is -2.24. The van der Waals surface area contributed by atoms with Crippen molar-refractivity contribution in [3.8, 4) is 11.1 Å². The van der Waals surface area contributed by atoms with Gasteiger partial charge in [-0.25, -0.2) is 9.18 Å². The summed E-state index contributed by atoms with van der Waals surface area (Å²) in [6.45, 7) is 1.13. The van der Waals surface area contributed by atoms with Gasteiger partial charge in [0.1, 0.15) is 10.7 Å². The highest BCUT2D eigenvalue weighted by Crippen LogP contribution is 2.45. The van der Waals surface area contributed by atoms with E-state index in [2.05, 4.69) is 0 Å². The number of esters is 1. The summed E-state index contributed by atoms with van der Waals surface area (Å²) in [4.78, 5) is 10.5. The lowest BCUT2D eigenvalue weighted by Crippen LogP contribution is -2.27. The number of alkyl halides is 3. The minimum absolute atomic E-state index is 0.359. The van der Waals surface area contributed by atoms with Gasteiger partial charge in [-0.1, -0.05) is 18.2 Å². The molecular weight excluding hydrogens is 364 g/mol. The molecule has 1 atom stereocenters. The summed E-state index contributed by atoms with van der Waals surface area (Å²) >= 11 is 0.423. The fourth-order valence-corrected chi connectivity index (χ4v) is 3.42. The van der Waals surface area contributed by atoms with Gasteiger partial charge in [0.25, 0.3) is 0 Å². The van der Waals surface area contributed by atoms with Crippen LogP contribution in [0.3, 0.4) is 0 Å². The summed E-state index contributed by atoms with van der Waals surface area (Å²) in [5.74, 6) is -4.33. The molecule has 2 heterocycles. The maximum absolute atomic E-state index is 15.0. The number of halogens is 4. The molecule has 1 aromatic carbocycles. The van der Waals surface area contributed by atoms with E-state index in [-0.39, 0.29) is 16.7 Å². The van der Waals surface area contributed by atoms with Crippen molar-refractivity contribution in [1.29, 1.82) is 0 Å². The van der Waals surface area contributed by atoms with Crippen molar-refractivity contribution < 1.29 is 37.3 Å². The molecule has 3 rings (SSSR count). The molecule has 4 nitrogen and oxygen atoms in total. The summed E-state index contributed by atoms with van der Waals surface area (Å²) in [7, 11) is 0. The Hall–Kier alpha value is -2.55. The van der Waals surface area contributed by atoms with Crippen molar-refractivity contribution in [2.75, 3.05) is 0 Å². The molecule has 1 aromatic heterocycles. The largest absolute Gasteiger partial charge is 0.505 e. The third-order valence-electron chi connectivity index (χ3n) is 3.89. The number of cyclic esters (lactones) is 1. The molecule has 9 heteroatoms. The molecule has 0 saturated heterocycles. The Morgan fingerprint density at radius 3 is 2.40 bits per heavy atom. The number of ether oxygens (including phenoxy) is 1. The van der Waals surface area contributed by atoms with E-state index in [1.165, 1.54) is 11.4 Å². The number of hydrogen-bond acceptors (Lipinski definition) is 5. The minimum Gasteiger partial charge on any atom is -0.505 e. The van der Waals surface area contributed by atoms with Crippen LogP contribution in [0.1, 0.15) is 17.4 Å². The molecular formula is C16H10F4O4S. The zero-order chi connectivity index (χ0) is 18.6. The number of carbonyl (C=O) groups excluding carboxylic acids is 1. The average molecular weight is 374 g/mol. The van der Waals surface area contributed by atoms with Crippen LogP contribution in [0.2, 0.25) is 0 Å². The van der Waals surface area contributed by atoms with Crippen LogP contribution in [0.25, 0.3) is 11.1 Å². The molecule has 0 amide bonds. The second-order valence-corrected chi connectivity index (χ2v) is 6.36. The van der Waals surface area contributed by atoms with Gasteiger partial charge in [0, 0.05) is 16.7 Å².